The van der Waals surface area contributed by atoms with Crippen molar-refractivity contribution in [2.75, 3.05) is 19.8 Å². The van der Waals surface area contributed by atoms with Crippen LogP contribution in [0.4, 0.5) is 5.69 Å². The van der Waals surface area contributed by atoms with Gasteiger partial charge in [0.05, 0.1) is 11.5 Å². The Kier molecular flexibility index (Phi) is 3.87. The van der Waals surface area contributed by atoms with Crippen LogP contribution in [0.5, 0.6) is 5.88 Å². The third kappa shape index (κ3) is 3.39. The molecule has 1 saturated heterocycles. The summed E-state index contributed by atoms with van der Waals surface area (Å²) in [5.74, 6) is 0.919. The highest BCUT2D eigenvalue weighted by atomic mass is 16.6. The van der Waals surface area contributed by atoms with Crippen molar-refractivity contribution in [3.63, 3.8) is 0 Å². The van der Waals surface area contributed by atoms with Crippen LogP contribution in [0.3, 0.4) is 0 Å². The maximum atomic E-state index is 10.4. The van der Waals surface area contributed by atoms with E-state index in [1.165, 1.54) is 18.3 Å². The molecule has 0 amide bonds. The van der Waals surface area contributed by atoms with Gasteiger partial charge in [-0.1, -0.05) is 0 Å². The minimum atomic E-state index is -0.477. The summed E-state index contributed by atoms with van der Waals surface area (Å²) in [6.07, 6.45) is 3.19. The predicted molar refractivity (Wildman–Crippen MR) is 59.9 cm³/mol. The first-order valence-corrected chi connectivity index (χ1v) is 5.56. The Morgan fingerprint density at radius 3 is 2.82 bits per heavy atom. The van der Waals surface area contributed by atoms with Gasteiger partial charge in [0.2, 0.25) is 5.88 Å². The maximum absolute atomic E-state index is 10.4. The van der Waals surface area contributed by atoms with Gasteiger partial charge in [0, 0.05) is 25.3 Å². The topological polar surface area (TPSA) is 74.5 Å². The van der Waals surface area contributed by atoms with E-state index in [-0.39, 0.29) is 5.69 Å². The second-order valence-corrected chi connectivity index (χ2v) is 3.98. The molecule has 0 atom stereocenters. The quantitative estimate of drug-likeness (QED) is 0.590. The molecule has 0 bridgehead atoms. The van der Waals surface area contributed by atoms with Gasteiger partial charge < -0.3 is 9.47 Å². The van der Waals surface area contributed by atoms with E-state index in [0.29, 0.717) is 18.4 Å². The van der Waals surface area contributed by atoms with Gasteiger partial charge in [-0.05, 0) is 18.8 Å². The Labute approximate surface area is 98.7 Å². The lowest BCUT2D eigenvalue weighted by Crippen LogP contribution is -2.21. The monoisotopic (exact) mass is 238 g/mol. The molecule has 0 radical (unpaired) electrons. The molecule has 2 rings (SSSR count). The highest BCUT2D eigenvalue weighted by Gasteiger charge is 2.15. The Bertz CT molecular complexity index is 374. The van der Waals surface area contributed by atoms with Crippen LogP contribution in [0.2, 0.25) is 0 Å². The molecule has 0 spiro atoms. The molecule has 1 aromatic heterocycles. The van der Waals surface area contributed by atoms with Crippen molar-refractivity contribution in [1.82, 2.24) is 4.98 Å². The van der Waals surface area contributed by atoms with Crippen molar-refractivity contribution < 1.29 is 14.4 Å². The van der Waals surface area contributed by atoms with E-state index in [0.717, 1.165) is 26.1 Å². The molecule has 1 aliphatic heterocycles. The Morgan fingerprint density at radius 1 is 1.47 bits per heavy atom. The normalized spacial score (nSPS) is 16.7. The summed E-state index contributed by atoms with van der Waals surface area (Å²) in [6.45, 7) is 2.15. The molecule has 0 saturated carbocycles. The summed E-state index contributed by atoms with van der Waals surface area (Å²) in [5, 5.41) is 10.4. The summed E-state index contributed by atoms with van der Waals surface area (Å²) in [5.41, 5.74) is -0.0246. The second-order valence-electron chi connectivity index (χ2n) is 3.98. The smallest absolute Gasteiger partial charge is 0.287 e. The lowest BCUT2D eigenvalue weighted by molar-refractivity contribution is -0.385. The average molecular weight is 238 g/mol. The van der Waals surface area contributed by atoms with Crippen molar-refractivity contribution in [3.05, 3.63) is 28.4 Å². The molecule has 0 unspecified atom stereocenters. The molecule has 1 aromatic rings. The molecule has 1 fully saturated rings. The van der Waals surface area contributed by atoms with Crippen LogP contribution in [0.25, 0.3) is 0 Å². The van der Waals surface area contributed by atoms with Crippen molar-refractivity contribution in [3.8, 4) is 5.88 Å². The van der Waals surface area contributed by atoms with Gasteiger partial charge >= 0.3 is 0 Å². The van der Waals surface area contributed by atoms with E-state index in [4.69, 9.17) is 9.47 Å². The summed E-state index contributed by atoms with van der Waals surface area (Å²) in [4.78, 5) is 13.8. The zero-order valence-corrected chi connectivity index (χ0v) is 9.37. The largest absolute Gasteiger partial charge is 0.477 e. The fourth-order valence-electron chi connectivity index (χ4n) is 1.68. The Morgan fingerprint density at radius 2 is 2.24 bits per heavy atom. The predicted octanol–water partition coefficient (Wildman–Crippen LogP) is 1.80. The fourth-order valence-corrected chi connectivity index (χ4v) is 1.68. The second kappa shape index (κ2) is 5.58. The number of ether oxygens (including phenoxy) is 2. The Hall–Kier alpha value is -1.69. The standard InChI is InChI=1S/C11H14N2O4/c14-13(15)10-1-2-11(12-7-10)17-8-9-3-5-16-6-4-9/h1-2,7,9H,3-6,8H2. The van der Waals surface area contributed by atoms with Crippen LogP contribution >= 0.6 is 0 Å². The molecule has 0 N–H and O–H groups in total. The van der Waals surface area contributed by atoms with E-state index in [9.17, 15) is 10.1 Å². The van der Waals surface area contributed by atoms with Gasteiger partial charge in [-0.25, -0.2) is 4.98 Å². The molecular formula is C11H14N2O4. The fraction of sp³-hybridized carbons (Fsp3) is 0.545. The van der Waals surface area contributed by atoms with E-state index in [2.05, 4.69) is 4.98 Å². The third-order valence-electron chi connectivity index (χ3n) is 2.74. The summed E-state index contributed by atoms with van der Waals surface area (Å²) in [6, 6.07) is 2.92. The molecule has 0 aliphatic carbocycles. The van der Waals surface area contributed by atoms with Crippen LogP contribution < -0.4 is 4.74 Å². The molecular weight excluding hydrogens is 224 g/mol. The number of hydrogen-bond donors (Lipinski definition) is 0. The third-order valence-corrected chi connectivity index (χ3v) is 2.74. The molecule has 17 heavy (non-hydrogen) atoms. The summed E-state index contributed by atoms with van der Waals surface area (Å²) in [7, 11) is 0. The van der Waals surface area contributed by atoms with Gasteiger partial charge in [-0.3, -0.25) is 10.1 Å². The first-order valence-electron chi connectivity index (χ1n) is 5.56. The van der Waals surface area contributed by atoms with E-state index in [1.54, 1.807) is 0 Å². The van der Waals surface area contributed by atoms with Gasteiger partial charge in [-0.15, -0.1) is 0 Å². The number of aromatic nitrogens is 1. The number of nitrogens with zero attached hydrogens (tertiary/aromatic N) is 2. The number of nitro groups is 1. The van der Waals surface area contributed by atoms with Crippen LogP contribution in [-0.4, -0.2) is 29.7 Å². The lowest BCUT2D eigenvalue weighted by atomic mass is 10.0. The van der Waals surface area contributed by atoms with Gasteiger partial charge in [0.1, 0.15) is 6.20 Å². The van der Waals surface area contributed by atoms with Crippen LogP contribution in [0.1, 0.15) is 12.8 Å². The minimum Gasteiger partial charge on any atom is -0.477 e. The summed E-state index contributed by atoms with van der Waals surface area (Å²) < 4.78 is 10.7. The minimum absolute atomic E-state index is 0.0246. The lowest BCUT2D eigenvalue weighted by Gasteiger charge is -2.21. The zero-order valence-electron chi connectivity index (χ0n) is 9.37. The first-order chi connectivity index (χ1) is 8.25. The van der Waals surface area contributed by atoms with Crippen molar-refractivity contribution >= 4 is 5.69 Å². The highest BCUT2D eigenvalue weighted by Crippen LogP contribution is 2.18. The Balaban J connectivity index is 1.84. The number of rotatable bonds is 4. The number of hydrogen-bond acceptors (Lipinski definition) is 5. The molecule has 6 nitrogen and oxygen atoms in total. The molecule has 0 aromatic carbocycles. The average Bonchev–Trinajstić information content (AvgIpc) is 2.38. The molecule has 1 aliphatic rings. The van der Waals surface area contributed by atoms with Gasteiger partial charge in [0.15, 0.2) is 0 Å². The molecule has 92 valence electrons. The van der Waals surface area contributed by atoms with E-state index >= 15 is 0 Å². The maximum Gasteiger partial charge on any atom is 0.287 e. The van der Waals surface area contributed by atoms with Crippen LogP contribution in [0.15, 0.2) is 18.3 Å². The highest BCUT2D eigenvalue weighted by molar-refractivity contribution is 5.28. The SMILES string of the molecule is O=[N+]([O-])c1ccc(OCC2CCOCC2)nc1. The van der Waals surface area contributed by atoms with Gasteiger partial charge in [0.25, 0.3) is 5.69 Å². The summed E-state index contributed by atoms with van der Waals surface area (Å²) >= 11 is 0. The number of pyridine rings is 1. The van der Waals surface area contributed by atoms with Gasteiger partial charge in [-0.2, -0.15) is 0 Å². The van der Waals surface area contributed by atoms with Crippen molar-refractivity contribution in [2.24, 2.45) is 5.92 Å². The van der Waals surface area contributed by atoms with E-state index < -0.39 is 4.92 Å². The van der Waals surface area contributed by atoms with Crippen molar-refractivity contribution in [1.29, 1.82) is 0 Å². The van der Waals surface area contributed by atoms with E-state index in [1.807, 2.05) is 0 Å². The van der Waals surface area contributed by atoms with Crippen LogP contribution in [0, 0.1) is 16.0 Å². The van der Waals surface area contributed by atoms with Crippen LogP contribution in [-0.2, 0) is 4.74 Å². The molecule has 2 heterocycles. The van der Waals surface area contributed by atoms with Crippen molar-refractivity contribution in [2.45, 2.75) is 12.8 Å². The zero-order chi connectivity index (χ0) is 12.1. The molecule has 6 heteroatoms. The first kappa shape index (κ1) is 11.8.